The van der Waals surface area contributed by atoms with E-state index >= 15 is 0 Å². The minimum absolute atomic E-state index is 0.472. The van der Waals surface area contributed by atoms with Crippen molar-refractivity contribution in [2.24, 2.45) is 0 Å². The summed E-state index contributed by atoms with van der Waals surface area (Å²) in [5, 5.41) is 9.64. The average Bonchev–Trinajstić information content (AvgIpc) is 3.66. The number of hydrogen-bond donors (Lipinski definition) is 2. The Hall–Kier alpha value is -3.13. The zero-order chi connectivity index (χ0) is 27.7. The van der Waals surface area contributed by atoms with E-state index in [-0.39, 0.29) is 0 Å². The first-order valence-electron chi connectivity index (χ1n) is 14.0. The van der Waals surface area contributed by atoms with Crippen molar-refractivity contribution in [2.75, 3.05) is 62.2 Å². The number of benzene rings is 2. The van der Waals surface area contributed by atoms with Crippen molar-refractivity contribution in [2.45, 2.75) is 31.7 Å². The van der Waals surface area contributed by atoms with Crippen molar-refractivity contribution >= 4 is 62.8 Å². The second kappa shape index (κ2) is 11.4. The molecule has 6 rings (SSSR count). The Morgan fingerprint density at radius 3 is 2.48 bits per heavy atom. The molecule has 0 radical (unpaired) electrons. The van der Waals surface area contributed by atoms with Gasteiger partial charge < -0.3 is 29.7 Å². The lowest BCUT2D eigenvalue weighted by Crippen LogP contribution is -2.43. The molecule has 4 heterocycles. The van der Waals surface area contributed by atoms with Crippen LogP contribution in [0.15, 0.2) is 53.9 Å². The highest BCUT2D eigenvalue weighted by Crippen LogP contribution is 2.40. The number of methoxy groups -OCH3 is 1. The second-order valence-electron chi connectivity index (χ2n) is 11.0. The Kier molecular flexibility index (Phi) is 7.71. The number of aromatic nitrogens is 2. The number of fused-ring (bicyclic) bond motifs is 1. The smallest absolute Gasteiger partial charge is 0.229 e. The predicted molar refractivity (Wildman–Crippen MR) is 169 cm³/mol. The molecule has 210 valence electrons. The summed E-state index contributed by atoms with van der Waals surface area (Å²) in [7, 11) is -0.784. The number of ether oxygens (including phenoxy) is 1. The SMILES string of the molecule is COc1cc(N2CCC(N3CCCC3)CC2)ccc1Nc1nc(Nc2ccccc2P(C)(C)=O)c2sccc2n1. The molecule has 0 aliphatic carbocycles. The lowest BCUT2D eigenvalue weighted by atomic mass is 10.0. The van der Waals surface area contributed by atoms with Crippen LogP contribution < -0.4 is 25.6 Å². The molecule has 0 spiro atoms. The van der Waals surface area contributed by atoms with Gasteiger partial charge in [0.2, 0.25) is 5.95 Å². The summed E-state index contributed by atoms with van der Waals surface area (Å²) in [5.74, 6) is 1.91. The number of piperidine rings is 1. The Bertz CT molecular complexity index is 1540. The molecular weight excluding hydrogens is 539 g/mol. The van der Waals surface area contributed by atoms with Gasteiger partial charge in [0.1, 0.15) is 12.9 Å². The van der Waals surface area contributed by atoms with E-state index in [1.54, 1.807) is 31.8 Å². The molecule has 2 aliphatic rings. The van der Waals surface area contributed by atoms with Crippen molar-refractivity contribution in [3.05, 3.63) is 53.9 Å². The van der Waals surface area contributed by atoms with Gasteiger partial charge in [-0.2, -0.15) is 4.98 Å². The van der Waals surface area contributed by atoms with Crippen LogP contribution >= 0.6 is 18.5 Å². The highest BCUT2D eigenvalue weighted by atomic mass is 32.1. The molecule has 0 bridgehead atoms. The fraction of sp³-hybridized carbons (Fsp3) is 0.400. The molecule has 2 fully saturated rings. The summed E-state index contributed by atoms with van der Waals surface area (Å²) in [6.45, 7) is 8.22. The third-order valence-corrected chi connectivity index (χ3v) is 10.4. The van der Waals surface area contributed by atoms with E-state index in [1.807, 2.05) is 35.7 Å². The molecule has 0 amide bonds. The van der Waals surface area contributed by atoms with Gasteiger partial charge in [0.15, 0.2) is 5.82 Å². The minimum Gasteiger partial charge on any atom is -0.494 e. The largest absolute Gasteiger partial charge is 0.494 e. The van der Waals surface area contributed by atoms with E-state index in [2.05, 4.69) is 38.6 Å². The Labute approximate surface area is 240 Å². The molecule has 40 heavy (non-hydrogen) atoms. The van der Waals surface area contributed by atoms with Crippen LogP contribution in [-0.4, -0.2) is 67.5 Å². The Morgan fingerprint density at radius 2 is 1.73 bits per heavy atom. The van der Waals surface area contributed by atoms with E-state index in [0.29, 0.717) is 11.8 Å². The predicted octanol–water partition coefficient (Wildman–Crippen LogP) is 6.50. The van der Waals surface area contributed by atoms with Gasteiger partial charge in [0, 0.05) is 36.2 Å². The van der Waals surface area contributed by atoms with Crippen LogP contribution in [0.4, 0.5) is 28.8 Å². The van der Waals surface area contributed by atoms with Gasteiger partial charge in [-0.15, -0.1) is 11.3 Å². The Morgan fingerprint density at radius 1 is 0.950 bits per heavy atom. The summed E-state index contributed by atoms with van der Waals surface area (Å²) in [6.07, 6.45) is 5.11. The third-order valence-electron chi connectivity index (χ3n) is 7.96. The lowest BCUT2D eigenvalue weighted by Gasteiger charge is -2.38. The van der Waals surface area contributed by atoms with Crippen LogP contribution in [0.25, 0.3) is 10.2 Å². The fourth-order valence-electron chi connectivity index (χ4n) is 5.88. The number of rotatable bonds is 8. The third kappa shape index (κ3) is 5.69. The number of para-hydroxylation sites is 1. The molecule has 2 N–H and O–H groups in total. The lowest BCUT2D eigenvalue weighted by molar-refractivity contribution is 0.208. The zero-order valence-corrected chi connectivity index (χ0v) is 25.1. The molecular formula is C30H37N6O2PS. The molecule has 4 aromatic rings. The minimum atomic E-state index is -2.48. The number of thiophene rings is 1. The quantitative estimate of drug-likeness (QED) is 0.230. The van der Waals surface area contributed by atoms with E-state index < -0.39 is 7.14 Å². The van der Waals surface area contributed by atoms with E-state index in [1.165, 1.54) is 44.5 Å². The summed E-state index contributed by atoms with van der Waals surface area (Å²) < 4.78 is 19.7. The first-order chi connectivity index (χ1) is 19.4. The molecule has 2 aromatic heterocycles. The van der Waals surface area contributed by atoms with Crippen LogP contribution in [0.1, 0.15) is 25.7 Å². The highest BCUT2D eigenvalue weighted by Gasteiger charge is 2.27. The van der Waals surface area contributed by atoms with Gasteiger partial charge in [-0.25, -0.2) is 4.98 Å². The monoisotopic (exact) mass is 576 g/mol. The number of nitrogens with zero attached hydrogens (tertiary/aromatic N) is 4. The number of nitrogens with one attached hydrogen (secondary N) is 2. The Balaban J connectivity index is 1.23. The normalized spacial score (nSPS) is 16.9. The van der Waals surface area contributed by atoms with Crippen LogP contribution in [0.2, 0.25) is 0 Å². The molecule has 0 atom stereocenters. The van der Waals surface area contributed by atoms with Gasteiger partial charge in [-0.1, -0.05) is 12.1 Å². The maximum absolute atomic E-state index is 12.9. The van der Waals surface area contributed by atoms with E-state index in [9.17, 15) is 4.57 Å². The first-order valence-corrected chi connectivity index (χ1v) is 17.5. The standard InChI is InChI=1S/C30H37N6O2PS/c1-38-26-20-22(36-17-12-21(13-18-36)35-15-6-7-16-35)10-11-23(26)32-30-33-25-14-19-40-28(25)29(34-30)31-24-8-4-5-9-27(24)39(2,3)37/h4-5,8-11,14,19-21H,6-7,12-13,15-18H2,1-3H3,(H2,31,32,33,34). The summed E-state index contributed by atoms with van der Waals surface area (Å²) in [4.78, 5) is 14.7. The van der Waals surface area contributed by atoms with Crippen molar-refractivity contribution in [3.63, 3.8) is 0 Å². The molecule has 0 unspecified atom stereocenters. The highest BCUT2D eigenvalue weighted by molar-refractivity contribution is 7.70. The second-order valence-corrected chi connectivity index (χ2v) is 15.1. The van der Waals surface area contributed by atoms with Gasteiger partial charge >= 0.3 is 0 Å². The molecule has 8 nitrogen and oxygen atoms in total. The van der Waals surface area contributed by atoms with Crippen LogP contribution in [0.3, 0.4) is 0 Å². The summed E-state index contributed by atoms with van der Waals surface area (Å²) >= 11 is 1.58. The van der Waals surface area contributed by atoms with E-state index in [0.717, 1.165) is 51.8 Å². The fourth-order valence-corrected chi connectivity index (χ4v) is 7.81. The maximum Gasteiger partial charge on any atom is 0.229 e. The van der Waals surface area contributed by atoms with Crippen molar-refractivity contribution in [1.29, 1.82) is 0 Å². The molecule has 2 aliphatic heterocycles. The van der Waals surface area contributed by atoms with Crippen molar-refractivity contribution < 1.29 is 9.30 Å². The van der Waals surface area contributed by atoms with Crippen LogP contribution in [-0.2, 0) is 4.57 Å². The topological polar surface area (TPSA) is 82.6 Å². The number of likely N-dealkylation sites (tertiary alicyclic amines) is 1. The average molecular weight is 577 g/mol. The summed E-state index contributed by atoms with van der Waals surface area (Å²) in [6, 6.07) is 16.7. The summed E-state index contributed by atoms with van der Waals surface area (Å²) in [5.41, 5.74) is 3.63. The van der Waals surface area contributed by atoms with Gasteiger partial charge in [0.05, 0.1) is 28.7 Å². The van der Waals surface area contributed by atoms with Crippen molar-refractivity contribution in [3.8, 4) is 5.75 Å². The van der Waals surface area contributed by atoms with Gasteiger partial charge in [-0.05, 0) is 87.8 Å². The van der Waals surface area contributed by atoms with Gasteiger partial charge in [-0.3, -0.25) is 0 Å². The van der Waals surface area contributed by atoms with Crippen LogP contribution in [0.5, 0.6) is 5.75 Å². The maximum atomic E-state index is 12.9. The number of hydrogen-bond acceptors (Lipinski definition) is 9. The molecule has 2 saturated heterocycles. The zero-order valence-electron chi connectivity index (χ0n) is 23.4. The first kappa shape index (κ1) is 27.1. The number of anilines is 5. The van der Waals surface area contributed by atoms with E-state index in [4.69, 9.17) is 14.7 Å². The molecule has 2 aromatic carbocycles. The van der Waals surface area contributed by atoms with Crippen molar-refractivity contribution in [1.82, 2.24) is 14.9 Å². The molecule has 0 saturated carbocycles. The van der Waals surface area contributed by atoms with Crippen LogP contribution in [0, 0.1) is 0 Å². The van der Waals surface area contributed by atoms with Gasteiger partial charge in [0.25, 0.3) is 0 Å². The molecule has 10 heteroatoms.